The number of carbonyl (C=O) groups excluding carboxylic acids is 1. The van der Waals surface area contributed by atoms with E-state index in [0.717, 1.165) is 5.56 Å². The predicted octanol–water partition coefficient (Wildman–Crippen LogP) is 1.86. The van der Waals surface area contributed by atoms with E-state index in [-0.39, 0.29) is 12.8 Å². The molecule has 5 heteroatoms. The lowest BCUT2D eigenvalue weighted by Crippen LogP contribution is -2.08. The van der Waals surface area contributed by atoms with Crippen molar-refractivity contribution in [1.29, 1.82) is 0 Å². The second kappa shape index (κ2) is 6.06. The van der Waals surface area contributed by atoms with Gasteiger partial charge in [-0.2, -0.15) is 0 Å². The number of carboxylic acid groups (broad SMARTS) is 1. The third-order valence-corrected chi connectivity index (χ3v) is 2.30. The van der Waals surface area contributed by atoms with Crippen molar-refractivity contribution in [3.8, 4) is 0 Å². The average molecular weight is 254 g/mol. The number of rotatable bonds is 5. The maximum Gasteiger partial charge on any atom is 0.307 e. The van der Waals surface area contributed by atoms with Gasteiger partial charge < -0.3 is 10.8 Å². The van der Waals surface area contributed by atoms with E-state index >= 15 is 0 Å². The first-order valence-electron chi connectivity index (χ1n) is 4.94. The first-order valence-corrected chi connectivity index (χ1v) is 5.32. The van der Waals surface area contributed by atoms with Crippen LogP contribution in [0.25, 0.3) is 6.08 Å². The second-order valence-electron chi connectivity index (χ2n) is 3.49. The van der Waals surface area contributed by atoms with Gasteiger partial charge in [-0.3, -0.25) is 9.59 Å². The number of carbonyl (C=O) groups is 2. The Kier molecular flexibility index (Phi) is 4.72. The number of benzene rings is 1. The number of hydrogen-bond acceptors (Lipinski definition) is 2. The van der Waals surface area contributed by atoms with Crippen LogP contribution in [0.1, 0.15) is 17.5 Å². The molecule has 0 aromatic heterocycles. The molecule has 1 aromatic rings. The Bertz CT molecular complexity index is 469. The summed E-state index contributed by atoms with van der Waals surface area (Å²) in [5.41, 5.74) is 6.32. The largest absolute Gasteiger partial charge is 0.481 e. The molecule has 0 spiro atoms. The van der Waals surface area contributed by atoms with Crippen LogP contribution in [0.5, 0.6) is 0 Å². The fourth-order valence-electron chi connectivity index (χ4n) is 1.35. The van der Waals surface area contributed by atoms with E-state index in [4.69, 9.17) is 22.4 Å². The fraction of sp³-hybridized carbons (Fsp3) is 0.167. The molecule has 0 aliphatic carbocycles. The minimum atomic E-state index is -0.934. The van der Waals surface area contributed by atoms with Gasteiger partial charge in [-0.05, 0) is 23.3 Å². The molecular weight excluding hydrogens is 242 g/mol. The van der Waals surface area contributed by atoms with Gasteiger partial charge in [0, 0.05) is 11.4 Å². The molecule has 0 radical (unpaired) electrons. The fourth-order valence-corrected chi connectivity index (χ4v) is 1.55. The molecule has 1 amide bonds. The summed E-state index contributed by atoms with van der Waals surface area (Å²) in [6, 6.07) is 4.97. The topological polar surface area (TPSA) is 80.4 Å². The lowest BCUT2D eigenvalue weighted by atomic mass is 10.0. The van der Waals surface area contributed by atoms with E-state index in [9.17, 15) is 9.59 Å². The van der Waals surface area contributed by atoms with E-state index in [0.29, 0.717) is 10.6 Å². The van der Waals surface area contributed by atoms with Gasteiger partial charge in [0.1, 0.15) is 0 Å². The highest BCUT2D eigenvalue weighted by Crippen LogP contribution is 2.18. The summed E-state index contributed by atoms with van der Waals surface area (Å²) in [6.07, 6.45) is 3.27. The summed E-state index contributed by atoms with van der Waals surface area (Å²) in [7, 11) is 0. The quantitative estimate of drug-likeness (QED) is 0.840. The van der Waals surface area contributed by atoms with Crippen LogP contribution >= 0.6 is 11.6 Å². The molecule has 4 nitrogen and oxygen atoms in total. The van der Waals surface area contributed by atoms with Crippen molar-refractivity contribution in [2.75, 3.05) is 0 Å². The summed E-state index contributed by atoms with van der Waals surface area (Å²) in [5.74, 6) is -1.37. The Morgan fingerprint density at radius 1 is 1.41 bits per heavy atom. The average Bonchev–Trinajstić information content (AvgIpc) is 2.20. The molecule has 0 saturated carbocycles. The molecule has 0 fully saturated rings. The Hall–Kier alpha value is -1.81. The van der Waals surface area contributed by atoms with Crippen molar-refractivity contribution in [2.24, 2.45) is 5.73 Å². The van der Waals surface area contributed by atoms with Crippen LogP contribution < -0.4 is 5.73 Å². The van der Waals surface area contributed by atoms with Gasteiger partial charge in [0.05, 0.1) is 6.42 Å². The van der Waals surface area contributed by atoms with Crippen molar-refractivity contribution >= 4 is 29.6 Å². The Balaban J connectivity index is 2.93. The lowest BCUT2D eigenvalue weighted by Gasteiger charge is -2.04. The highest BCUT2D eigenvalue weighted by Gasteiger charge is 2.05. The van der Waals surface area contributed by atoms with Crippen molar-refractivity contribution in [2.45, 2.75) is 12.8 Å². The molecule has 1 rings (SSSR count). The van der Waals surface area contributed by atoms with Crippen molar-refractivity contribution in [3.63, 3.8) is 0 Å². The van der Waals surface area contributed by atoms with Gasteiger partial charge in [-0.25, -0.2) is 0 Å². The minimum absolute atomic E-state index is 0.114. The smallest absolute Gasteiger partial charge is 0.307 e. The van der Waals surface area contributed by atoms with Gasteiger partial charge in [0.2, 0.25) is 5.91 Å². The standard InChI is InChI=1S/C12H12ClNO3/c13-10-5-4-8(2-1-3-11(14)15)9(6-10)7-12(16)17/h1-2,4-6H,3,7H2,(H2,14,15)(H,16,17). The number of carboxylic acids is 1. The van der Waals surface area contributed by atoms with Crippen LogP contribution in [0.4, 0.5) is 0 Å². The molecule has 0 saturated heterocycles. The van der Waals surface area contributed by atoms with Gasteiger partial charge in [0.15, 0.2) is 0 Å². The van der Waals surface area contributed by atoms with Crippen LogP contribution in [-0.4, -0.2) is 17.0 Å². The number of nitrogens with two attached hydrogens (primary N) is 1. The lowest BCUT2D eigenvalue weighted by molar-refractivity contribution is -0.136. The highest BCUT2D eigenvalue weighted by atomic mass is 35.5. The molecule has 3 N–H and O–H groups in total. The van der Waals surface area contributed by atoms with Crippen LogP contribution in [0.2, 0.25) is 5.02 Å². The zero-order valence-corrected chi connectivity index (χ0v) is 9.78. The summed E-state index contributed by atoms with van der Waals surface area (Å²) >= 11 is 5.79. The van der Waals surface area contributed by atoms with Crippen LogP contribution in [0.15, 0.2) is 24.3 Å². The van der Waals surface area contributed by atoms with E-state index in [1.165, 1.54) is 0 Å². The van der Waals surface area contributed by atoms with Gasteiger partial charge >= 0.3 is 5.97 Å². The summed E-state index contributed by atoms with van der Waals surface area (Å²) in [6.45, 7) is 0. The highest BCUT2D eigenvalue weighted by molar-refractivity contribution is 6.30. The molecular formula is C12H12ClNO3. The Morgan fingerprint density at radius 2 is 2.12 bits per heavy atom. The van der Waals surface area contributed by atoms with Crippen molar-refractivity contribution in [1.82, 2.24) is 0 Å². The monoisotopic (exact) mass is 253 g/mol. The SMILES string of the molecule is NC(=O)CC=Cc1ccc(Cl)cc1CC(=O)O. The van der Waals surface area contributed by atoms with Crippen LogP contribution in [0.3, 0.4) is 0 Å². The molecule has 0 unspecified atom stereocenters. The molecule has 0 bridgehead atoms. The van der Waals surface area contributed by atoms with E-state index in [1.807, 2.05) is 0 Å². The molecule has 0 aliphatic rings. The summed E-state index contributed by atoms with van der Waals surface area (Å²) < 4.78 is 0. The van der Waals surface area contributed by atoms with E-state index in [2.05, 4.69) is 0 Å². The Labute approximate surface area is 104 Å². The predicted molar refractivity (Wildman–Crippen MR) is 65.6 cm³/mol. The van der Waals surface area contributed by atoms with Gasteiger partial charge in [-0.15, -0.1) is 0 Å². The summed E-state index contributed by atoms with van der Waals surface area (Å²) in [4.78, 5) is 21.2. The number of primary amides is 1. The zero-order chi connectivity index (χ0) is 12.8. The molecule has 0 heterocycles. The molecule has 1 aromatic carbocycles. The number of amides is 1. The van der Waals surface area contributed by atoms with Gasteiger partial charge in [-0.1, -0.05) is 29.8 Å². The molecule has 0 aliphatic heterocycles. The third kappa shape index (κ3) is 4.70. The zero-order valence-electron chi connectivity index (χ0n) is 9.02. The Morgan fingerprint density at radius 3 is 2.71 bits per heavy atom. The number of halogens is 1. The van der Waals surface area contributed by atoms with Crippen molar-refractivity contribution < 1.29 is 14.7 Å². The van der Waals surface area contributed by atoms with Crippen molar-refractivity contribution in [3.05, 3.63) is 40.4 Å². The summed E-state index contributed by atoms with van der Waals surface area (Å²) in [5, 5.41) is 9.23. The normalized spacial score (nSPS) is 10.6. The maximum atomic E-state index is 10.7. The molecule has 17 heavy (non-hydrogen) atoms. The number of hydrogen-bond donors (Lipinski definition) is 2. The first kappa shape index (κ1) is 13.3. The minimum Gasteiger partial charge on any atom is -0.481 e. The van der Waals surface area contributed by atoms with Crippen LogP contribution in [-0.2, 0) is 16.0 Å². The van der Waals surface area contributed by atoms with Gasteiger partial charge in [0.25, 0.3) is 0 Å². The number of aliphatic carboxylic acids is 1. The molecule has 0 atom stereocenters. The third-order valence-electron chi connectivity index (χ3n) is 2.06. The van der Waals surface area contributed by atoms with E-state index < -0.39 is 11.9 Å². The van der Waals surface area contributed by atoms with Crippen LogP contribution in [0, 0.1) is 0 Å². The van der Waals surface area contributed by atoms with E-state index in [1.54, 1.807) is 30.4 Å². The second-order valence-corrected chi connectivity index (χ2v) is 3.92. The molecule has 90 valence electrons. The maximum absolute atomic E-state index is 10.7. The first-order chi connectivity index (χ1) is 7.99.